The molecule has 0 aromatic heterocycles. The lowest BCUT2D eigenvalue weighted by molar-refractivity contribution is -0.150. The quantitative estimate of drug-likeness (QED) is 0.547. The average molecular weight is 166 g/mol. The molecule has 66 valence electrons. The van der Waals surface area contributed by atoms with E-state index in [2.05, 4.69) is 0 Å². The highest BCUT2D eigenvalue weighted by molar-refractivity contribution is 6.05. The molecule has 12 heavy (non-hydrogen) atoms. The minimum atomic E-state index is -0.291. The molecule has 0 heterocycles. The van der Waals surface area contributed by atoms with Crippen LogP contribution in [0.4, 0.5) is 0 Å². The number of carbonyl (C=O) groups is 2. The van der Waals surface area contributed by atoms with Crippen molar-refractivity contribution in [2.45, 2.75) is 33.6 Å². The Morgan fingerprint density at radius 1 is 1.17 bits per heavy atom. The van der Waals surface area contributed by atoms with E-state index in [0.29, 0.717) is 12.8 Å². The summed E-state index contributed by atoms with van der Waals surface area (Å²) in [7, 11) is 0. The van der Waals surface area contributed by atoms with Crippen molar-refractivity contribution >= 4 is 11.6 Å². The van der Waals surface area contributed by atoms with E-state index in [1.54, 1.807) is 0 Å². The Morgan fingerprint density at radius 3 is 2.08 bits per heavy atom. The molecule has 0 aliphatic heterocycles. The highest BCUT2D eigenvalue weighted by Crippen LogP contribution is 2.60. The molecule has 0 radical (unpaired) electrons. The van der Waals surface area contributed by atoms with Crippen LogP contribution >= 0.6 is 0 Å². The molecule has 0 amide bonds. The molecule has 2 aliphatic carbocycles. The number of Topliss-reactive ketones (excluding diaryl/α,β-unsaturated/α-hetero) is 2. The van der Waals surface area contributed by atoms with Crippen molar-refractivity contribution in [1.29, 1.82) is 0 Å². The molecule has 2 nitrogen and oxygen atoms in total. The van der Waals surface area contributed by atoms with Crippen molar-refractivity contribution in [3.8, 4) is 0 Å². The van der Waals surface area contributed by atoms with Crippen LogP contribution in [0, 0.1) is 16.7 Å². The van der Waals surface area contributed by atoms with Crippen molar-refractivity contribution in [3.05, 3.63) is 0 Å². The first-order chi connectivity index (χ1) is 5.38. The summed E-state index contributed by atoms with van der Waals surface area (Å²) in [5.41, 5.74) is -0.373. The molecule has 2 saturated carbocycles. The van der Waals surface area contributed by atoms with Crippen LogP contribution in [0.2, 0.25) is 0 Å². The standard InChI is InChI=1S/C10H14O2/c1-9(2)5-7(12)10(3)4-6(11)8(9)10/h8H,4-5H2,1-3H3/t8-,10+/m0/s1. The van der Waals surface area contributed by atoms with E-state index in [4.69, 9.17) is 0 Å². The van der Waals surface area contributed by atoms with Gasteiger partial charge in [0.15, 0.2) is 0 Å². The smallest absolute Gasteiger partial charge is 0.140 e. The first-order valence-corrected chi connectivity index (χ1v) is 4.44. The Balaban J connectivity index is 2.42. The zero-order chi connectivity index (χ0) is 9.15. The van der Waals surface area contributed by atoms with Crippen LogP contribution in [0.3, 0.4) is 0 Å². The molecule has 2 heteroatoms. The van der Waals surface area contributed by atoms with Crippen molar-refractivity contribution in [2.75, 3.05) is 0 Å². The van der Waals surface area contributed by atoms with Crippen LogP contribution in [-0.4, -0.2) is 11.6 Å². The van der Waals surface area contributed by atoms with Gasteiger partial charge in [-0.1, -0.05) is 20.8 Å². The van der Waals surface area contributed by atoms with Crippen molar-refractivity contribution in [3.63, 3.8) is 0 Å². The maximum Gasteiger partial charge on any atom is 0.140 e. The lowest BCUT2D eigenvalue weighted by atomic mass is 9.57. The Bertz CT molecular complexity index is 278. The van der Waals surface area contributed by atoms with Gasteiger partial charge in [-0.15, -0.1) is 0 Å². The predicted octanol–water partition coefficient (Wildman–Crippen LogP) is 1.58. The summed E-state index contributed by atoms with van der Waals surface area (Å²) in [6.07, 6.45) is 1.07. The molecule has 0 N–H and O–H groups in total. The highest BCUT2D eigenvalue weighted by Gasteiger charge is 2.65. The van der Waals surface area contributed by atoms with Crippen LogP contribution < -0.4 is 0 Å². The molecule has 0 spiro atoms. The van der Waals surface area contributed by atoms with E-state index < -0.39 is 0 Å². The molecule has 2 fully saturated rings. The Hall–Kier alpha value is -0.660. The fourth-order valence-electron chi connectivity index (χ4n) is 3.07. The van der Waals surface area contributed by atoms with Gasteiger partial charge >= 0.3 is 0 Å². The van der Waals surface area contributed by atoms with E-state index >= 15 is 0 Å². The molecule has 0 aromatic rings. The van der Waals surface area contributed by atoms with Crippen LogP contribution in [0.25, 0.3) is 0 Å². The van der Waals surface area contributed by atoms with Gasteiger partial charge in [0.1, 0.15) is 11.6 Å². The van der Waals surface area contributed by atoms with Gasteiger partial charge in [0.2, 0.25) is 0 Å². The van der Waals surface area contributed by atoms with Gasteiger partial charge in [-0.2, -0.15) is 0 Å². The van der Waals surface area contributed by atoms with E-state index in [0.717, 1.165) is 0 Å². The van der Waals surface area contributed by atoms with E-state index in [1.165, 1.54) is 0 Å². The minimum Gasteiger partial charge on any atom is -0.299 e. The largest absolute Gasteiger partial charge is 0.299 e. The summed E-state index contributed by atoms with van der Waals surface area (Å²) in [6.45, 7) is 5.99. The van der Waals surface area contributed by atoms with Gasteiger partial charge in [-0.25, -0.2) is 0 Å². The van der Waals surface area contributed by atoms with Crippen LogP contribution in [0.5, 0.6) is 0 Å². The van der Waals surface area contributed by atoms with E-state index in [9.17, 15) is 9.59 Å². The Morgan fingerprint density at radius 2 is 1.75 bits per heavy atom. The molecular weight excluding hydrogens is 152 g/mol. The molecular formula is C10H14O2. The molecule has 0 saturated heterocycles. The molecule has 0 aromatic carbocycles. The average Bonchev–Trinajstić information content (AvgIpc) is 1.94. The lowest BCUT2D eigenvalue weighted by Gasteiger charge is -2.43. The fourth-order valence-corrected chi connectivity index (χ4v) is 3.07. The summed E-state index contributed by atoms with van der Waals surface area (Å²) in [6, 6.07) is 0. The monoisotopic (exact) mass is 166 g/mol. The lowest BCUT2D eigenvalue weighted by Crippen LogP contribution is -2.50. The predicted molar refractivity (Wildman–Crippen MR) is 44.6 cm³/mol. The topological polar surface area (TPSA) is 34.1 Å². The van der Waals surface area contributed by atoms with Crippen LogP contribution in [-0.2, 0) is 9.59 Å². The second-order valence-electron chi connectivity index (χ2n) is 5.08. The van der Waals surface area contributed by atoms with Gasteiger partial charge in [0, 0.05) is 24.2 Å². The van der Waals surface area contributed by atoms with Crippen molar-refractivity contribution in [1.82, 2.24) is 0 Å². The van der Waals surface area contributed by atoms with E-state index in [1.807, 2.05) is 20.8 Å². The summed E-state index contributed by atoms with van der Waals surface area (Å²) < 4.78 is 0. The van der Waals surface area contributed by atoms with Gasteiger partial charge in [-0.3, -0.25) is 9.59 Å². The number of fused-ring (bicyclic) bond motifs is 1. The minimum absolute atomic E-state index is 0.0116. The van der Waals surface area contributed by atoms with Crippen molar-refractivity contribution in [2.24, 2.45) is 16.7 Å². The summed E-state index contributed by atoms with van der Waals surface area (Å²) in [5, 5.41) is 0. The third kappa shape index (κ3) is 0.661. The van der Waals surface area contributed by atoms with Gasteiger partial charge in [0.25, 0.3) is 0 Å². The normalized spacial score (nSPS) is 44.1. The number of rotatable bonds is 0. The Labute approximate surface area is 72.3 Å². The first-order valence-electron chi connectivity index (χ1n) is 4.44. The first kappa shape index (κ1) is 7.96. The maximum absolute atomic E-state index is 11.6. The molecule has 2 atom stereocenters. The molecule has 2 rings (SSSR count). The SMILES string of the molecule is CC1(C)CC(=O)[C@@]2(C)CC(=O)[C@@H]12. The van der Waals surface area contributed by atoms with Gasteiger partial charge in [-0.05, 0) is 5.41 Å². The summed E-state index contributed by atoms with van der Waals surface area (Å²) in [5.74, 6) is 0.586. The number of hydrogen-bond donors (Lipinski definition) is 0. The number of carbonyl (C=O) groups excluding carboxylic acids is 2. The molecule has 0 unspecified atom stereocenters. The molecule has 0 bridgehead atoms. The molecule has 2 aliphatic rings. The maximum atomic E-state index is 11.6. The Kier molecular flexibility index (Phi) is 1.20. The third-order valence-corrected chi connectivity index (χ3v) is 3.54. The van der Waals surface area contributed by atoms with E-state index in [-0.39, 0.29) is 28.3 Å². The fraction of sp³-hybridized carbons (Fsp3) is 0.800. The summed E-state index contributed by atoms with van der Waals surface area (Å²) in [4.78, 5) is 22.9. The second-order valence-corrected chi connectivity index (χ2v) is 5.08. The zero-order valence-corrected chi connectivity index (χ0v) is 7.81. The van der Waals surface area contributed by atoms with Gasteiger partial charge in [0.05, 0.1) is 0 Å². The second kappa shape index (κ2) is 1.81. The van der Waals surface area contributed by atoms with Crippen molar-refractivity contribution < 1.29 is 9.59 Å². The summed E-state index contributed by atoms with van der Waals surface area (Å²) >= 11 is 0. The number of hydrogen-bond acceptors (Lipinski definition) is 2. The van der Waals surface area contributed by atoms with Gasteiger partial charge < -0.3 is 0 Å². The number of ketones is 2. The zero-order valence-electron chi connectivity index (χ0n) is 7.81. The third-order valence-electron chi connectivity index (χ3n) is 3.54. The van der Waals surface area contributed by atoms with Crippen LogP contribution in [0.15, 0.2) is 0 Å². The van der Waals surface area contributed by atoms with Crippen LogP contribution in [0.1, 0.15) is 33.6 Å². The highest BCUT2D eigenvalue weighted by atomic mass is 16.1.